The first-order valence-corrected chi connectivity index (χ1v) is 8.08. The summed E-state index contributed by atoms with van der Waals surface area (Å²) >= 11 is 0. The Balaban J connectivity index is 1.71. The number of likely N-dealkylation sites (tertiary alicyclic amines) is 1. The van der Waals surface area contributed by atoms with Crippen molar-refractivity contribution in [3.05, 3.63) is 59.4 Å². The SMILES string of the molecule is Cc1cc(C(=O)N2CCCC2CC(O)c2ccc(F)cc2)ncn1. The van der Waals surface area contributed by atoms with E-state index in [9.17, 15) is 14.3 Å². The Morgan fingerprint density at radius 3 is 2.83 bits per heavy atom. The Morgan fingerprint density at radius 2 is 2.12 bits per heavy atom. The fraction of sp³-hybridized carbons (Fsp3) is 0.389. The molecule has 1 fully saturated rings. The molecule has 1 saturated heterocycles. The van der Waals surface area contributed by atoms with Gasteiger partial charge in [0.2, 0.25) is 0 Å². The number of nitrogens with zero attached hydrogens (tertiary/aromatic N) is 3. The highest BCUT2D eigenvalue weighted by Crippen LogP contribution is 2.28. The van der Waals surface area contributed by atoms with E-state index in [1.165, 1.54) is 18.5 Å². The molecule has 126 valence electrons. The number of aromatic nitrogens is 2. The van der Waals surface area contributed by atoms with Crippen LogP contribution in [0.15, 0.2) is 36.7 Å². The van der Waals surface area contributed by atoms with Crippen molar-refractivity contribution in [1.82, 2.24) is 14.9 Å². The number of benzene rings is 1. The summed E-state index contributed by atoms with van der Waals surface area (Å²) in [6.45, 7) is 2.47. The average Bonchev–Trinajstić information content (AvgIpc) is 3.02. The van der Waals surface area contributed by atoms with E-state index in [4.69, 9.17) is 0 Å². The van der Waals surface area contributed by atoms with Gasteiger partial charge in [-0.1, -0.05) is 12.1 Å². The third kappa shape index (κ3) is 3.59. The van der Waals surface area contributed by atoms with Crippen LogP contribution in [0.2, 0.25) is 0 Å². The molecule has 2 atom stereocenters. The molecule has 6 heteroatoms. The molecule has 1 aliphatic rings. The highest BCUT2D eigenvalue weighted by Gasteiger charge is 2.31. The van der Waals surface area contributed by atoms with Crippen LogP contribution in [0.3, 0.4) is 0 Å². The minimum absolute atomic E-state index is 0.0483. The van der Waals surface area contributed by atoms with E-state index in [2.05, 4.69) is 9.97 Å². The summed E-state index contributed by atoms with van der Waals surface area (Å²) in [4.78, 5) is 22.5. The molecule has 24 heavy (non-hydrogen) atoms. The van der Waals surface area contributed by atoms with Gasteiger partial charge in [0.05, 0.1) is 6.10 Å². The quantitative estimate of drug-likeness (QED) is 0.936. The zero-order valence-electron chi connectivity index (χ0n) is 13.5. The summed E-state index contributed by atoms with van der Waals surface area (Å²) < 4.78 is 13.0. The minimum Gasteiger partial charge on any atom is -0.388 e. The van der Waals surface area contributed by atoms with Gasteiger partial charge in [0, 0.05) is 18.3 Å². The van der Waals surface area contributed by atoms with Crippen molar-refractivity contribution in [3.63, 3.8) is 0 Å². The molecule has 1 aromatic heterocycles. The minimum atomic E-state index is -0.726. The molecular weight excluding hydrogens is 309 g/mol. The van der Waals surface area contributed by atoms with Crippen molar-refractivity contribution in [2.75, 3.05) is 6.54 Å². The van der Waals surface area contributed by atoms with Crippen LogP contribution < -0.4 is 0 Å². The maximum atomic E-state index is 13.0. The molecule has 0 aliphatic carbocycles. The lowest BCUT2D eigenvalue weighted by molar-refractivity contribution is 0.0661. The summed E-state index contributed by atoms with van der Waals surface area (Å²) in [6, 6.07) is 7.45. The molecule has 0 saturated carbocycles. The smallest absolute Gasteiger partial charge is 0.272 e. The topological polar surface area (TPSA) is 66.3 Å². The maximum Gasteiger partial charge on any atom is 0.272 e. The normalized spacial score (nSPS) is 18.6. The van der Waals surface area contributed by atoms with Crippen LogP contribution in [-0.2, 0) is 0 Å². The third-order valence-electron chi connectivity index (χ3n) is 4.41. The maximum absolute atomic E-state index is 13.0. The summed E-state index contributed by atoms with van der Waals surface area (Å²) in [5.74, 6) is -0.461. The largest absolute Gasteiger partial charge is 0.388 e. The molecule has 2 heterocycles. The van der Waals surface area contributed by atoms with Gasteiger partial charge in [-0.05, 0) is 49.9 Å². The van der Waals surface area contributed by atoms with Crippen LogP contribution in [0.5, 0.6) is 0 Å². The molecule has 2 unspecified atom stereocenters. The van der Waals surface area contributed by atoms with Crippen LogP contribution in [0.4, 0.5) is 4.39 Å². The number of halogens is 1. The lowest BCUT2D eigenvalue weighted by atomic mass is 10.0. The number of rotatable bonds is 4. The van der Waals surface area contributed by atoms with Crippen LogP contribution in [0.1, 0.15) is 47.1 Å². The van der Waals surface area contributed by atoms with Crippen molar-refractivity contribution in [2.24, 2.45) is 0 Å². The average molecular weight is 329 g/mol. The molecule has 0 spiro atoms. The van der Waals surface area contributed by atoms with Gasteiger partial charge < -0.3 is 10.0 Å². The Hall–Kier alpha value is -2.34. The van der Waals surface area contributed by atoms with E-state index in [-0.39, 0.29) is 17.8 Å². The van der Waals surface area contributed by atoms with E-state index in [0.717, 1.165) is 18.5 Å². The van der Waals surface area contributed by atoms with E-state index < -0.39 is 6.10 Å². The number of hydrogen-bond donors (Lipinski definition) is 1. The molecule has 1 aliphatic heterocycles. The predicted molar refractivity (Wildman–Crippen MR) is 86.8 cm³/mol. The highest BCUT2D eigenvalue weighted by atomic mass is 19.1. The first-order valence-electron chi connectivity index (χ1n) is 8.08. The second-order valence-electron chi connectivity index (χ2n) is 6.14. The molecule has 5 nitrogen and oxygen atoms in total. The molecule has 0 bridgehead atoms. The Kier molecular flexibility index (Phi) is 4.85. The number of aryl methyl sites for hydroxylation is 1. The zero-order valence-corrected chi connectivity index (χ0v) is 13.5. The number of carbonyl (C=O) groups is 1. The van der Waals surface area contributed by atoms with E-state index >= 15 is 0 Å². The molecule has 2 aromatic rings. The van der Waals surface area contributed by atoms with Crippen LogP contribution >= 0.6 is 0 Å². The fourth-order valence-corrected chi connectivity index (χ4v) is 3.15. The Bertz CT molecular complexity index is 720. The highest BCUT2D eigenvalue weighted by molar-refractivity contribution is 5.92. The zero-order chi connectivity index (χ0) is 17.1. The number of hydrogen-bond acceptors (Lipinski definition) is 4. The van der Waals surface area contributed by atoms with Crippen molar-refractivity contribution in [3.8, 4) is 0 Å². The Labute approximate surface area is 140 Å². The lowest BCUT2D eigenvalue weighted by Gasteiger charge is -2.26. The van der Waals surface area contributed by atoms with Crippen LogP contribution in [0, 0.1) is 12.7 Å². The van der Waals surface area contributed by atoms with Crippen LogP contribution in [-0.4, -0.2) is 38.5 Å². The van der Waals surface area contributed by atoms with E-state index in [0.29, 0.717) is 24.2 Å². The van der Waals surface area contributed by atoms with Crippen molar-refractivity contribution in [1.29, 1.82) is 0 Å². The second kappa shape index (κ2) is 7.05. The van der Waals surface area contributed by atoms with Gasteiger partial charge in [0.25, 0.3) is 5.91 Å². The molecular formula is C18H20FN3O2. The van der Waals surface area contributed by atoms with Gasteiger partial charge >= 0.3 is 0 Å². The van der Waals surface area contributed by atoms with Gasteiger partial charge in [-0.25, -0.2) is 14.4 Å². The second-order valence-corrected chi connectivity index (χ2v) is 6.14. The van der Waals surface area contributed by atoms with Gasteiger partial charge in [-0.2, -0.15) is 0 Å². The standard InChI is InChI=1S/C18H20FN3O2/c1-12-9-16(21-11-20-12)18(24)22-8-2-3-15(22)10-17(23)13-4-6-14(19)7-5-13/h4-7,9,11,15,17,23H,2-3,8,10H2,1H3. The first-order chi connectivity index (χ1) is 11.5. The number of amides is 1. The molecule has 1 aromatic carbocycles. The number of carbonyl (C=O) groups excluding carboxylic acids is 1. The van der Waals surface area contributed by atoms with Gasteiger partial charge in [-0.15, -0.1) is 0 Å². The van der Waals surface area contributed by atoms with Crippen molar-refractivity contribution in [2.45, 2.75) is 38.3 Å². The summed E-state index contributed by atoms with van der Waals surface area (Å²) in [7, 11) is 0. The predicted octanol–water partition coefficient (Wildman–Crippen LogP) is 2.65. The van der Waals surface area contributed by atoms with Crippen molar-refractivity contribution >= 4 is 5.91 Å². The van der Waals surface area contributed by atoms with E-state index in [1.807, 2.05) is 6.92 Å². The lowest BCUT2D eigenvalue weighted by Crippen LogP contribution is -2.37. The summed E-state index contributed by atoms with van der Waals surface area (Å²) in [6.07, 6.45) is 2.84. The monoisotopic (exact) mass is 329 g/mol. The van der Waals surface area contributed by atoms with E-state index in [1.54, 1.807) is 23.1 Å². The molecule has 0 radical (unpaired) electrons. The van der Waals surface area contributed by atoms with Crippen LogP contribution in [0.25, 0.3) is 0 Å². The number of aliphatic hydroxyl groups is 1. The summed E-state index contributed by atoms with van der Waals surface area (Å²) in [5.41, 5.74) is 1.79. The first kappa shape index (κ1) is 16.5. The molecule has 1 N–H and O–H groups in total. The summed E-state index contributed by atoms with van der Waals surface area (Å²) in [5, 5.41) is 10.4. The van der Waals surface area contributed by atoms with Gasteiger partial charge in [-0.3, -0.25) is 4.79 Å². The number of aliphatic hydroxyl groups excluding tert-OH is 1. The molecule has 1 amide bonds. The third-order valence-corrected chi connectivity index (χ3v) is 4.41. The fourth-order valence-electron chi connectivity index (χ4n) is 3.15. The van der Waals surface area contributed by atoms with Crippen molar-refractivity contribution < 1.29 is 14.3 Å². The Morgan fingerprint density at radius 1 is 1.38 bits per heavy atom. The van der Waals surface area contributed by atoms with Gasteiger partial charge in [0.15, 0.2) is 0 Å². The van der Waals surface area contributed by atoms with Gasteiger partial charge in [0.1, 0.15) is 17.8 Å². The molecule has 3 rings (SSSR count).